The van der Waals surface area contributed by atoms with E-state index in [-0.39, 0.29) is 12.6 Å². The lowest BCUT2D eigenvalue weighted by Gasteiger charge is -2.36. The van der Waals surface area contributed by atoms with Crippen LogP contribution in [0, 0.1) is 0 Å². The molecule has 4 aromatic rings. The van der Waals surface area contributed by atoms with Crippen LogP contribution in [0.2, 0.25) is 0 Å². The highest BCUT2D eigenvalue weighted by atomic mass is 16.6. The molecule has 49 heavy (non-hydrogen) atoms. The van der Waals surface area contributed by atoms with E-state index in [0.29, 0.717) is 91.5 Å². The molecule has 0 radical (unpaired) electrons. The quantitative estimate of drug-likeness (QED) is 0.0456. The van der Waals surface area contributed by atoms with Gasteiger partial charge in [-0.2, -0.15) is 0 Å². The van der Waals surface area contributed by atoms with Crippen molar-refractivity contribution in [2.45, 2.75) is 5.60 Å². The summed E-state index contributed by atoms with van der Waals surface area (Å²) in [5.74, 6) is -0.355. The van der Waals surface area contributed by atoms with Crippen molar-refractivity contribution in [2.75, 3.05) is 92.5 Å². The molecular weight excluding hydrogens is 624 g/mol. The zero-order chi connectivity index (χ0) is 34.1. The van der Waals surface area contributed by atoms with Crippen molar-refractivity contribution in [2.24, 2.45) is 0 Å². The third-order valence-electron chi connectivity index (χ3n) is 7.42. The summed E-state index contributed by atoms with van der Waals surface area (Å²) in [5.41, 5.74) is 2.96. The summed E-state index contributed by atoms with van der Waals surface area (Å²) in [6.45, 7) is 6.03. The molecule has 0 amide bonds. The molecule has 0 aliphatic rings. The summed E-state index contributed by atoms with van der Waals surface area (Å²) in [4.78, 5) is 11.8. The Hall–Kier alpha value is -3.93. The molecule has 0 fully saturated rings. The molecule has 0 aromatic heterocycles. The highest BCUT2D eigenvalue weighted by Crippen LogP contribution is 2.40. The Morgan fingerprint density at radius 1 is 0.367 bits per heavy atom. The van der Waals surface area contributed by atoms with Gasteiger partial charge >= 0.3 is 5.97 Å². The largest absolute Gasteiger partial charge is 0.460 e. The molecule has 0 spiro atoms. The Kier molecular flexibility index (Phi) is 18.1. The fourth-order valence-electron chi connectivity index (χ4n) is 5.07. The van der Waals surface area contributed by atoms with Crippen LogP contribution in [0.15, 0.2) is 121 Å². The van der Waals surface area contributed by atoms with Gasteiger partial charge in [0.1, 0.15) is 12.2 Å². The van der Waals surface area contributed by atoms with Gasteiger partial charge in [0.05, 0.1) is 91.5 Å². The fourth-order valence-corrected chi connectivity index (χ4v) is 5.07. The lowest BCUT2D eigenvalue weighted by atomic mass is 9.80. The predicted molar refractivity (Wildman–Crippen MR) is 187 cm³/mol. The number of hydrogen-bond acceptors (Lipinski definition) is 9. The van der Waals surface area contributed by atoms with E-state index in [0.717, 1.165) is 16.7 Å². The number of benzene rings is 4. The van der Waals surface area contributed by atoms with E-state index < -0.39 is 5.60 Å². The van der Waals surface area contributed by atoms with Crippen molar-refractivity contribution in [3.05, 3.63) is 144 Å². The molecular formula is C40H48O9. The lowest BCUT2D eigenvalue weighted by Crippen LogP contribution is -2.34. The normalized spacial score (nSPS) is 11.4. The molecule has 0 aliphatic heterocycles. The minimum Gasteiger partial charge on any atom is -0.460 e. The molecule has 0 atom stereocenters. The standard InChI is InChI=1S/C40H48O9/c41-39(35-13-5-1-6-14-35)48-33-31-46-29-27-44-25-23-42-21-22-43-24-26-45-28-30-47-32-34-49-40(36-15-7-2-8-16-36,37-17-9-3-10-18-37)38-19-11-4-12-20-38/h1-20H,21-34H2. The number of ether oxygens (including phenoxy) is 8. The van der Waals surface area contributed by atoms with Gasteiger partial charge in [0.2, 0.25) is 0 Å². The summed E-state index contributed by atoms with van der Waals surface area (Å²) >= 11 is 0. The predicted octanol–water partition coefficient (Wildman–Crippen LogP) is 5.95. The van der Waals surface area contributed by atoms with Crippen molar-refractivity contribution >= 4 is 5.97 Å². The highest BCUT2D eigenvalue weighted by Gasteiger charge is 2.37. The Balaban J connectivity index is 0.964. The summed E-state index contributed by atoms with van der Waals surface area (Å²) in [7, 11) is 0. The van der Waals surface area contributed by atoms with Crippen LogP contribution in [0.5, 0.6) is 0 Å². The molecule has 0 heterocycles. The number of esters is 1. The van der Waals surface area contributed by atoms with Gasteiger partial charge in [-0.15, -0.1) is 0 Å². The molecule has 4 rings (SSSR count). The number of rotatable bonds is 26. The van der Waals surface area contributed by atoms with Crippen molar-refractivity contribution in [1.29, 1.82) is 0 Å². The van der Waals surface area contributed by atoms with E-state index in [1.54, 1.807) is 24.3 Å². The van der Waals surface area contributed by atoms with Crippen LogP contribution in [0.1, 0.15) is 27.0 Å². The third-order valence-corrected chi connectivity index (χ3v) is 7.42. The van der Waals surface area contributed by atoms with Gasteiger partial charge in [-0.05, 0) is 28.8 Å². The van der Waals surface area contributed by atoms with Gasteiger partial charge in [0.25, 0.3) is 0 Å². The molecule has 9 nitrogen and oxygen atoms in total. The average molecular weight is 673 g/mol. The minimum absolute atomic E-state index is 0.201. The summed E-state index contributed by atoms with van der Waals surface area (Å²) in [6, 6.07) is 39.8. The third kappa shape index (κ3) is 13.5. The first kappa shape index (κ1) is 37.9. The molecule has 0 N–H and O–H groups in total. The molecule has 0 bridgehead atoms. The molecule has 0 saturated heterocycles. The van der Waals surface area contributed by atoms with Crippen LogP contribution < -0.4 is 0 Å². The van der Waals surface area contributed by atoms with Gasteiger partial charge in [-0.25, -0.2) is 4.79 Å². The van der Waals surface area contributed by atoms with Crippen LogP contribution >= 0.6 is 0 Å². The van der Waals surface area contributed by atoms with E-state index in [4.69, 9.17) is 37.9 Å². The van der Waals surface area contributed by atoms with Crippen molar-refractivity contribution in [3.8, 4) is 0 Å². The van der Waals surface area contributed by atoms with Gasteiger partial charge in [-0.3, -0.25) is 0 Å². The lowest BCUT2D eigenvalue weighted by molar-refractivity contribution is -0.0396. The van der Waals surface area contributed by atoms with Gasteiger partial charge < -0.3 is 37.9 Å². The van der Waals surface area contributed by atoms with Crippen LogP contribution in [0.3, 0.4) is 0 Å². The zero-order valence-corrected chi connectivity index (χ0v) is 28.1. The van der Waals surface area contributed by atoms with Crippen molar-refractivity contribution in [3.63, 3.8) is 0 Å². The van der Waals surface area contributed by atoms with E-state index in [9.17, 15) is 4.79 Å². The zero-order valence-electron chi connectivity index (χ0n) is 28.1. The second kappa shape index (κ2) is 23.4. The van der Waals surface area contributed by atoms with Gasteiger partial charge in [-0.1, -0.05) is 109 Å². The number of carbonyl (C=O) groups excluding carboxylic acids is 1. The number of carbonyl (C=O) groups is 1. The van der Waals surface area contributed by atoms with E-state index in [1.807, 2.05) is 60.7 Å². The Morgan fingerprint density at radius 2 is 0.653 bits per heavy atom. The van der Waals surface area contributed by atoms with Crippen molar-refractivity contribution in [1.82, 2.24) is 0 Å². The fraction of sp³-hybridized carbons (Fsp3) is 0.375. The van der Waals surface area contributed by atoms with Gasteiger partial charge in [0, 0.05) is 0 Å². The SMILES string of the molecule is O=C(OCCOCCOCCOCCOCCOCCOCCOC(c1ccccc1)(c1ccccc1)c1ccccc1)c1ccccc1. The van der Waals surface area contributed by atoms with E-state index >= 15 is 0 Å². The first-order valence-corrected chi connectivity index (χ1v) is 16.8. The van der Waals surface area contributed by atoms with Crippen LogP contribution in [0.4, 0.5) is 0 Å². The Bertz CT molecular complexity index is 1290. The maximum Gasteiger partial charge on any atom is 0.338 e. The van der Waals surface area contributed by atoms with Crippen LogP contribution in [-0.4, -0.2) is 98.5 Å². The first-order valence-electron chi connectivity index (χ1n) is 16.8. The smallest absolute Gasteiger partial charge is 0.338 e. The topological polar surface area (TPSA) is 90.9 Å². The average Bonchev–Trinajstić information content (AvgIpc) is 3.16. The molecule has 0 unspecified atom stereocenters. The highest BCUT2D eigenvalue weighted by molar-refractivity contribution is 5.89. The second-order valence-electron chi connectivity index (χ2n) is 10.8. The van der Waals surface area contributed by atoms with Crippen LogP contribution in [-0.2, 0) is 43.5 Å². The second-order valence-corrected chi connectivity index (χ2v) is 10.8. The minimum atomic E-state index is -0.754. The first-order chi connectivity index (χ1) is 24.3. The summed E-state index contributed by atoms with van der Waals surface area (Å²) in [6.07, 6.45) is 0. The maximum atomic E-state index is 11.8. The maximum absolute atomic E-state index is 11.8. The molecule has 9 heteroatoms. The Morgan fingerprint density at radius 3 is 1.00 bits per heavy atom. The van der Waals surface area contributed by atoms with Crippen molar-refractivity contribution < 1.29 is 42.7 Å². The van der Waals surface area contributed by atoms with Gasteiger partial charge in [0.15, 0.2) is 0 Å². The van der Waals surface area contributed by atoms with E-state index in [2.05, 4.69) is 36.4 Å². The Labute approximate surface area is 290 Å². The van der Waals surface area contributed by atoms with E-state index in [1.165, 1.54) is 0 Å². The summed E-state index contributed by atoms with van der Waals surface area (Å²) in [5, 5.41) is 0. The van der Waals surface area contributed by atoms with Crippen LogP contribution in [0.25, 0.3) is 0 Å². The molecule has 262 valence electrons. The monoisotopic (exact) mass is 672 g/mol. The summed E-state index contributed by atoms with van der Waals surface area (Å²) < 4.78 is 45.3. The molecule has 0 aliphatic carbocycles. The number of hydrogen-bond donors (Lipinski definition) is 0. The molecule has 4 aromatic carbocycles. The molecule has 0 saturated carbocycles.